The third-order valence-electron chi connectivity index (χ3n) is 9.71. The minimum atomic E-state index is -1.72. The zero-order valence-corrected chi connectivity index (χ0v) is 34.6. The van der Waals surface area contributed by atoms with E-state index in [1.807, 2.05) is 0 Å². The second-order valence-corrected chi connectivity index (χ2v) is 14.5. The smallest absolute Gasteiger partial charge is 0.407 e. The minimum absolute atomic E-state index is 0.0434. The van der Waals surface area contributed by atoms with Crippen LogP contribution >= 0.6 is 0 Å². The Kier molecular flexibility index (Phi) is 17.9. The lowest BCUT2D eigenvalue weighted by Crippen LogP contribution is -2.64. The topological polar surface area (TPSA) is 392 Å². The quantitative estimate of drug-likeness (QED) is 0.0378. The van der Waals surface area contributed by atoms with Gasteiger partial charge < -0.3 is 82.7 Å². The van der Waals surface area contributed by atoms with Crippen LogP contribution in [0.4, 0.5) is 9.59 Å². The van der Waals surface area contributed by atoms with Crippen molar-refractivity contribution in [1.29, 1.82) is 10.8 Å². The molecule has 0 bridgehead atoms. The van der Waals surface area contributed by atoms with Crippen molar-refractivity contribution in [2.24, 2.45) is 11.5 Å². The maximum atomic E-state index is 13.0. The Morgan fingerprint density at radius 1 is 0.656 bits per heavy atom. The Balaban J connectivity index is 1.37. The number of aldehydes is 2. The Hall–Kier alpha value is -7.28. The number of carbonyl (C=O) groups is 6. The predicted molar refractivity (Wildman–Crippen MR) is 223 cm³/mol. The van der Waals surface area contributed by atoms with Gasteiger partial charge in [0.25, 0.3) is 0 Å². The molecule has 24 nitrogen and oxygen atoms in total. The lowest BCUT2D eigenvalue weighted by Gasteiger charge is -2.41. The predicted octanol–water partition coefficient (Wildman–Crippen LogP) is -3.07. The second kappa shape index (κ2) is 23.2. The standard InChI is InChI=1S/C40H52N10O14/c1-19(55)47-31-27(49-37(41)42)11-25(15-51)61-35(31)33(29(57)17-53)63-39(59)45-13-21-3-7-23(8-4-21)24-9-5-22(6-10-24)14-46-40(60)64-34(30(58)18-54)36-32(48-20(2)56)28(50-38(43)44)12-26(16-52)62-36/h3-12,15-16,27-36,53-54,57-58H,13-14,17-18H2,1-2H3,(H,45,59)(H,46,60)(H,47,55)(H,48,56)(H4,41,42,49)(H4,43,44,50)/t27-,28-,29+,30+,31+,32+,33+,34+,35+,36+/m0/s1. The van der Waals surface area contributed by atoms with Gasteiger partial charge >= 0.3 is 12.2 Å². The van der Waals surface area contributed by atoms with E-state index in [0.29, 0.717) is 23.7 Å². The molecule has 16 N–H and O–H groups in total. The average Bonchev–Trinajstić information content (AvgIpc) is 3.26. The summed E-state index contributed by atoms with van der Waals surface area (Å²) >= 11 is 0. The number of hydrogen-bond acceptors (Lipinski definition) is 16. The molecule has 2 aromatic rings. The molecule has 10 atom stereocenters. The van der Waals surface area contributed by atoms with Gasteiger partial charge in [-0.1, -0.05) is 48.5 Å². The molecule has 0 saturated carbocycles. The number of guanidine groups is 2. The van der Waals surface area contributed by atoms with E-state index in [1.54, 1.807) is 48.5 Å². The van der Waals surface area contributed by atoms with Crippen LogP contribution in [0.15, 0.2) is 72.2 Å². The maximum absolute atomic E-state index is 13.0. The average molecular weight is 897 g/mol. The number of benzene rings is 2. The van der Waals surface area contributed by atoms with Gasteiger partial charge in [-0.3, -0.25) is 30.0 Å². The van der Waals surface area contributed by atoms with E-state index in [0.717, 1.165) is 11.1 Å². The number of rotatable bonds is 19. The van der Waals surface area contributed by atoms with Crippen molar-refractivity contribution in [2.75, 3.05) is 13.2 Å². The lowest BCUT2D eigenvalue weighted by molar-refractivity contribution is -0.130. The first-order valence-electron chi connectivity index (χ1n) is 19.5. The first-order valence-corrected chi connectivity index (χ1v) is 19.5. The molecule has 0 aliphatic carbocycles. The van der Waals surface area contributed by atoms with Crippen molar-refractivity contribution in [3.8, 4) is 11.1 Å². The first-order chi connectivity index (χ1) is 30.5. The van der Waals surface area contributed by atoms with Crippen molar-refractivity contribution in [3.63, 3.8) is 0 Å². The summed E-state index contributed by atoms with van der Waals surface area (Å²) in [6.45, 7) is 0.526. The second-order valence-electron chi connectivity index (χ2n) is 14.5. The molecule has 0 aromatic heterocycles. The van der Waals surface area contributed by atoms with E-state index in [1.165, 1.54) is 26.0 Å². The van der Waals surface area contributed by atoms with Gasteiger partial charge in [0.15, 0.2) is 60.4 Å². The molecule has 24 heteroatoms. The molecule has 2 aliphatic rings. The number of nitrogens with one attached hydrogen (secondary N) is 8. The fourth-order valence-electron chi connectivity index (χ4n) is 6.87. The molecular formula is C40H52N10O14. The molecule has 346 valence electrons. The summed E-state index contributed by atoms with van der Waals surface area (Å²) in [4.78, 5) is 73.5. The maximum Gasteiger partial charge on any atom is 0.407 e. The highest BCUT2D eigenvalue weighted by molar-refractivity contribution is 5.79. The number of carbonyl (C=O) groups excluding carboxylic acids is 6. The number of alkyl carbamates (subject to hydrolysis) is 2. The first kappa shape index (κ1) is 49.4. The Labute approximate surface area is 365 Å². The normalized spacial score (nSPS) is 22.0. The number of ether oxygens (including phenoxy) is 4. The van der Waals surface area contributed by atoms with Gasteiger partial charge in [0.1, 0.15) is 12.2 Å². The van der Waals surface area contributed by atoms with Gasteiger partial charge in [-0.2, -0.15) is 0 Å². The lowest BCUT2D eigenvalue weighted by atomic mass is 9.92. The number of nitrogens with two attached hydrogens (primary N) is 2. The highest BCUT2D eigenvalue weighted by Gasteiger charge is 2.47. The molecule has 2 heterocycles. The molecule has 0 spiro atoms. The van der Waals surface area contributed by atoms with Crippen molar-refractivity contribution in [1.82, 2.24) is 31.9 Å². The molecule has 0 unspecified atom stereocenters. The van der Waals surface area contributed by atoms with Crippen LogP contribution in [0, 0.1) is 10.8 Å². The van der Waals surface area contributed by atoms with Crippen LogP contribution < -0.4 is 43.4 Å². The van der Waals surface area contributed by atoms with Crippen LogP contribution in [-0.4, -0.2) is 143 Å². The van der Waals surface area contributed by atoms with Crippen LogP contribution in [0.2, 0.25) is 0 Å². The summed E-state index contributed by atoms with van der Waals surface area (Å²) in [7, 11) is 0. The van der Waals surface area contributed by atoms with Crippen LogP contribution in [0.3, 0.4) is 0 Å². The summed E-state index contributed by atoms with van der Waals surface area (Å²) < 4.78 is 22.2. The van der Waals surface area contributed by atoms with Crippen LogP contribution in [0.5, 0.6) is 0 Å². The Morgan fingerprint density at radius 3 is 1.28 bits per heavy atom. The van der Waals surface area contributed by atoms with Crippen molar-refractivity contribution < 1.29 is 68.1 Å². The van der Waals surface area contributed by atoms with E-state index in [9.17, 15) is 49.2 Å². The van der Waals surface area contributed by atoms with E-state index >= 15 is 0 Å². The molecule has 2 aromatic carbocycles. The third kappa shape index (κ3) is 13.9. The fourth-order valence-corrected chi connectivity index (χ4v) is 6.87. The third-order valence-corrected chi connectivity index (χ3v) is 9.71. The number of allylic oxidation sites excluding steroid dienone is 2. The summed E-state index contributed by atoms with van der Waals surface area (Å²) in [6.07, 6.45) is -8.39. The molecule has 0 fully saturated rings. The summed E-state index contributed by atoms with van der Waals surface area (Å²) in [5.74, 6) is -2.65. The fraction of sp³-hybridized carbons (Fsp3) is 0.400. The van der Waals surface area contributed by atoms with Gasteiger partial charge in [0.2, 0.25) is 11.8 Å². The Bertz CT molecular complexity index is 1920. The van der Waals surface area contributed by atoms with E-state index in [2.05, 4.69) is 31.9 Å². The van der Waals surface area contributed by atoms with Crippen molar-refractivity contribution in [3.05, 3.63) is 83.3 Å². The molecular weight excluding hydrogens is 844 g/mol. The zero-order chi connectivity index (χ0) is 47.1. The number of amides is 4. The van der Waals surface area contributed by atoms with Gasteiger partial charge in [-0.25, -0.2) is 9.59 Å². The van der Waals surface area contributed by atoms with Gasteiger partial charge in [0.05, 0.1) is 37.4 Å². The van der Waals surface area contributed by atoms with Crippen molar-refractivity contribution >= 4 is 48.5 Å². The van der Waals surface area contributed by atoms with Crippen molar-refractivity contribution in [2.45, 2.75) is 87.7 Å². The summed E-state index contributed by atoms with van der Waals surface area (Å²) in [5.41, 5.74) is 13.8. The van der Waals surface area contributed by atoms with Crippen LogP contribution in [0.1, 0.15) is 25.0 Å². The molecule has 0 saturated heterocycles. The number of aliphatic hydroxyl groups excluding tert-OH is 4. The summed E-state index contributed by atoms with van der Waals surface area (Å²) in [6, 6.07) is 9.81. The largest absolute Gasteiger partial charge is 0.481 e. The van der Waals surface area contributed by atoms with Crippen LogP contribution in [0.25, 0.3) is 11.1 Å². The van der Waals surface area contributed by atoms with Gasteiger partial charge in [-0.15, -0.1) is 0 Å². The Morgan fingerprint density at radius 2 is 1.00 bits per heavy atom. The molecule has 0 radical (unpaired) electrons. The highest BCUT2D eigenvalue weighted by Crippen LogP contribution is 2.26. The molecule has 64 heavy (non-hydrogen) atoms. The zero-order valence-electron chi connectivity index (χ0n) is 34.6. The number of aliphatic hydroxyl groups is 4. The molecule has 4 amide bonds. The monoisotopic (exact) mass is 896 g/mol. The van der Waals surface area contributed by atoms with E-state index in [-0.39, 0.29) is 24.6 Å². The van der Waals surface area contributed by atoms with Gasteiger partial charge in [0, 0.05) is 26.9 Å². The van der Waals surface area contributed by atoms with E-state index < -0.39 is 110 Å². The molecule has 2 aliphatic heterocycles. The highest BCUT2D eigenvalue weighted by atomic mass is 16.6. The molecule has 4 rings (SSSR count). The number of hydrogen-bond donors (Lipinski definition) is 14. The van der Waals surface area contributed by atoms with Gasteiger partial charge in [-0.05, 0) is 34.4 Å². The SMILES string of the molecule is CC(=O)N[C@H]1[C@H]([C@H](OC(=O)NCc2ccc(-c3ccc(CNC(=O)O[C@@H]([C@@H]4OC(C=O)=C[C@H](NC(=N)N)[C@H]4NC(C)=O)[C@H](O)CO)cc3)cc2)[C@H](O)CO)OC(C=O)=C[C@@H]1NC(=N)N. The van der Waals surface area contributed by atoms with Crippen LogP contribution in [-0.2, 0) is 51.2 Å². The van der Waals surface area contributed by atoms with E-state index in [4.69, 9.17) is 41.2 Å². The summed E-state index contributed by atoms with van der Waals surface area (Å²) in [5, 5.41) is 71.5. The minimum Gasteiger partial charge on any atom is -0.481 e.